The van der Waals surface area contributed by atoms with Gasteiger partial charge in [-0.2, -0.15) is 0 Å². The minimum atomic E-state index is -0.158. The average molecular weight is 333 g/mol. The summed E-state index contributed by atoms with van der Waals surface area (Å²) in [6.07, 6.45) is 0.828. The SMILES string of the molecule is CCN(Cc1ccc2c(c1)OCCO2)C(=O)C1CC(C(C)C)NN1. The van der Waals surface area contributed by atoms with Gasteiger partial charge in [-0.05, 0) is 37.0 Å². The molecule has 3 rings (SSSR count). The fraction of sp³-hybridized carbons (Fsp3) is 0.611. The van der Waals surface area contributed by atoms with Crippen LogP contribution in [0.5, 0.6) is 11.5 Å². The Hall–Kier alpha value is -1.79. The maximum absolute atomic E-state index is 12.8. The van der Waals surface area contributed by atoms with E-state index in [1.54, 1.807) is 0 Å². The molecule has 2 unspecified atom stereocenters. The molecular formula is C18H27N3O3. The van der Waals surface area contributed by atoms with Crippen LogP contribution in [0.4, 0.5) is 0 Å². The number of hydrogen-bond acceptors (Lipinski definition) is 5. The Balaban J connectivity index is 1.65. The van der Waals surface area contributed by atoms with E-state index in [-0.39, 0.29) is 11.9 Å². The van der Waals surface area contributed by atoms with Crippen LogP contribution in [-0.2, 0) is 11.3 Å². The van der Waals surface area contributed by atoms with Crippen molar-refractivity contribution in [1.29, 1.82) is 0 Å². The van der Waals surface area contributed by atoms with E-state index in [0.29, 0.717) is 38.3 Å². The van der Waals surface area contributed by atoms with Gasteiger partial charge in [0.05, 0.1) is 0 Å². The van der Waals surface area contributed by atoms with Crippen molar-refractivity contribution in [3.05, 3.63) is 23.8 Å². The van der Waals surface area contributed by atoms with Gasteiger partial charge in [0, 0.05) is 19.1 Å². The number of amides is 1. The maximum Gasteiger partial charge on any atom is 0.241 e. The number of ether oxygens (including phenoxy) is 2. The van der Waals surface area contributed by atoms with E-state index in [0.717, 1.165) is 23.5 Å². The quantitative estimate of drug-likeness (QED) is 0.859. The largest absolute Gasteiger partial charge is 0.486 e. The number of fused-ring (bicyclic) bond motifs is 1. The molecule has 1 aromatic carbocycles. The predicted octanol–water partition coefficient (Wildman–Crippen LogP) is 1.70. The van der Waals surface area contributed by atoms with Crippen LogP contribution >= 0.6 is 0 Å². The van der Waals surface area contributed by atoms with Gasteiger partial charge >= 0.3 is 0 Å². The molecule has 2 heterocycles. The molecule has 0 aromatic heterocycles. The van der Waals surface area contributed by atoms with Gasteiger partial charge in [-0.1, -0.05) is 19.9 Å². The Bertz CT molecular complexity index is 591. The number of nitrogens with zero attached hydrogens (tertiary/aromatic N) is 1. The standard InChI is InChI=1S/C18H27N3O3/c1-4-21(18(22)15-10-14(12(2)3)19-20-15)11-13-5-6-16-17(9-13)24-8-7-23-16/h5-6,9,12,14-15,19-20H,4,7-8,10-11H2,1-3H3. The highest BCUT2D eigenvalue weighted by Crippen LogP contribution is 2.31. The summed E-state index contributed by atoms with van der Waals surface area (Å²) in [5.41, 5.74) is 7.45. The number of benzene rings is 1. The van der Waals surface area contributed by atoms with Crippen LogP contribution < -0.4 is 20.3 Å². The van der Waals surface area contributed by atoms with Crippen LogP contribution in [0.25, 0.3) is 0 Å². The number of rotatable bonds is 5. The molecule has 2 aliphatic rings. The first-order chi connectivity index (χ1) is 11.6. The average Bonchev–Trinajstić information content (AvgIpc) is 3.09. The molecule has 1 amide bonds. The second kappa shape index (κ2) is 7.40. The van der Waals surface area contributed by atoms with Crippen molar-refractivity contribution in [2.45, 2.75) is 45.8 Å². The van der Waals surface area contributed by atoms with Crippen molar-refractivity contribution < 1.29 is 14.3 Å². The number of carbonyl (C=O) groups is 1. The van der Waals surface area contributed by atoms with E-state index < -0.39 is 0 Å². The van der Waals surface area contributed by atoms with E-state index in [4.69, 9.17) is 9.47 Å². The molecule has 0 aliphatic carbocycles. The highest BCUT2D eigenvalue weighted by Gasteiger charge is 2.33. The number of nitrogens with one attached hydrogen (secondary N) is 2. The molecule has 1 saturated heterocycles. The highest BCUT2D eigenvalue weighted by molar-refractivity contribution is 5.82. The summed E-state index contributed by atoms with van der Waals surface area (Å²) >= 11 is 0. The maximum atomic E-state index is 12.8. The zero-order valence-corrected chi connectivity index (χ0v) is 14.7. The van der Waals surface area contributed by atoms with Crippen LogP contribution in [0.1, 0.15) is 32.8 Å². The Morgan fingerprint density at radius 1 is 1.25 bits per heavy atom. The predicted molar refractivity (Wildman–Crippen MR) is 91.8 cm³/mol. The third kappa shape index (κ3) is 3.65. The highest BCUT2D eigenvalue weighted by atomic mass is 16.6. The first-order valence-corrected chi connectivity index (χ1v) is 8.77. The van der Waals surface area contributed by atoms with E-state index in [1.165, 1.54) is 0 Å². The lowest BCUT2D eigenvalue weighted by Crippen LogP contribution is -2.45. The van der Waals surface area contributed by atoms with Gasteiger partial charge in [0.1, 0.15) is 19.3 Å². The summed E-state index contributed by atoms with van der Waals surface area (Å²) < 4.78 is 11.2. The second-order valence-corrected chi connectivity index (χ2v) is 6.76. The minimum Gasteiger partial charge on any atom is -0.486 e. The number of likely N-dealkylation sites (N-methyl/N-ethyl adjacent to an activating group) is 1. The van der Waals surface area contributed by atoms with Crippen molar-refractivity contribution in [3.8, 4) is 11.5 Å². The molecule has 0 radical (unpaired) electrons. The molecule has 1 fully saturated rings. The number of carbonyl (C=O) groups excluding carboxylic acids is 1. The molecular weight excluding hydrogens is 306 g/mol. The summed E-state index contributed by atoms with van der Waals surface area (Å²) in [5, 5.41) is 0. The first-order valence-electron chi connectivity index (χ1n) is 8.77. The Morgan fingerprint density at radius 3 is 2.67 bits per heavy atom. The van der Waals surface area contributed by atoms with E-state index >= 15 is 0 Å². The van der Waals surface area contributed by atoms with Gasteiger partial charge < -0.3 is 14.4 Å². The van der Waals surface area contributed by atoms with Crippen LogP contribution in [0.3, 0.4) is 0 Å². The molecule has 1 aromatic rings. The van der Waals surface area contributed by atoms with Crippen molar-refractivity contribution in [2.24, 2.45) is 5.92 Å². The smallest absolute Gasteiger partial charge is 0.241 e. The van der Waals surface area contributed by atoms with Crippen LogP contribution in [0, 0.1) is 5.92 Å². The van der Waals surface area contributed by atoms with Gasteiger partial charge in [-0.25, -0.2) is 5.43 Å². The van der Waals surface area contributed by atoms with E-state index in [2.05, 4.69) is 24.7 Å². The molecule has 0 saturated carbocycles. The second-order valence-electron chi connectivity index (χ2n) is 6.76. The lowest BCUT2D eigenvalue weighted by Gasteiger charge is -2.25. The van der Waals surface area contributed by atoms with Crippen molar-refractivity contribution in [3.63, 3.8) is 0 Å². The summed E-state index contributed by atoms with van der Waals surface area (Å²) in [5.74, 6) is 2.19. The fourth-order valence-electron chi connectivity index (χ4n) is 3.15. The van der Waals surface area contributed by atoms with Crippen molar-refractivity contribution in [2.75, 3.05) is 19.8 Å². The topological polar surface area (TPSA) is 62.8 Å². The normalized spacial score (nSPS) is 22.7. The zero-order valence-electron chi connectivity index (χ0n) is 14.7. The molecule has 6 nitrogen and oxygen atoms in total. The molecule has 0 spiro atoms. The minimum absolute atomic E-state index is 0.142. The number of hydrogen-bond donors (Lipinski definition) is 2. The first kappa shape index (κ1) is 17.0. The van der Waals surface area contributed by atoms with E-state index in [1.807, 2.05) is 30.0 Å². The van der Waals surface area contributed by atoms with Crippen molar-refractivity contribution in [1.82, 2.24) is 15.8 Å². The lowest BCUT2D eigenvalue weighted by molar-refractivity contribution is -0.133. The molecule has 24 heavy (non-hydrogen) atoms. The Morgan fingerprint density at radius 2 is 2.00 bits per heavy atom. The summed E-state index contributed by atoms with van der Waals surface area (Å²) in [6.45, 7) is 8.76. The molecule has 2 aliphatic heterocycles. The van der Waals surface area contributed by atoms with Gasteiger partial charge in [0.15, 0.2) is 11.5 Å². The van der Waals surface area contributed by atoms with Crippen LogP contribution in [0.15, 0.2) is 18.2 Å². The zero-order chi connectivity index (χ0) is 17.1. The van der Waals surface area contributed by atoms with Gasteiger partial charge in [-0.3, -0.25) is 10.2 Å². The summed E-state index contributed by atoms with van der Waals surface area (Å²) in [6, 6.07) is 6.08. The molecule has 2 atom stereocenters. The third-order valence-electron chi connectivity index (χ3n) is 4.71. The van der Waals surface area contributed by atoms with Crippen LogP contribution in [0.2, 0.25) is 0 Å². The van der Waals surface area contributed by atoms with Gasteiger partial charge in [0.25, 0.3) is 0 Å². The Kier molecular flexibility index (Phi) is 5.26. The number of hydrazine groups is 1. The van der Waals surface area contributed by atoms with Crippen molar-refractivity contribution >= 4 is 5.91 Å². The summed E-state index contributed by atoms with van der Waals surface area (Å²) in [4.78, 5) is 14.7. The fourth-order valence-corrected chi connectivity index (χ4v) is 3.15. The lowest BCUT2D eigenvalue weighted by atomic mass is 9.99. The van der Waals surface area contributed by atoms with E-state index in [9.17, 15) is 4.79 Å². The van der Waals surface area contributed by atoms with Crippen LogP contribution in [-0.4, -0.2) is 42.6 Å². The monoisotopic (exact) mass is 333 g/mol. The molecule has 6 heteroatoms. The summed E-state index contributed by atoms with van der Waals surface area (Å²) in [7, 11) is 0. The van der Waals surface area contributed by atoms with Gasteiger partial charge in [-0.15, -0.1) is 0 Å². The Labute approximate surface area is 143 Å². The van der Waals surface area contributed by atoms with Gasteiger partial charge in [0.2, 0.25) is 5.91 Å². The third-order valence-corrected chi connectivity index (χ3v) is 4.71. The molecule has 132 valence electrons. The molecule has 0 bridgehead atoms. The molecule has 2 N–H and O–H groups in total.